The lowest BCUT2D eigenvalue weighted by atomic mass is 10.1. The molecule has 1 aromatic carbocycles. The molecule has 0 aromatic heterocycles. The first-order chi connectivity index (χ1) is 8.29. The van der Waals surface area contributed by atoms with Crippen LogP contribution in [0.15, 0.2) is 23.1 Å². The number of hydrogen-bond acceptors (Lipinski definition) is 3. The Morgan fingerprint density at radius 1 is 1.41 bits per heavy atom. The van der Waals surface area contributed by atoms with Crippen molar-refractivity contribution in [3.05, 3.63) is 29.3 Å². The molecule has 1 aromatic rings. The molecule has 0 aliphatic heterocycles. The summed E-state index contributed by atoms with van der Waals surface area (Å²) < 4.78 is 0. The zero-order chi connectivity index (χ0) is 12.1. The molecule has 0 unspecified atom stereocenters. The minimum Gasteiger partial charge on any atom is -0.396 e. The van der Waals surface area contributed by atoms with Crippen molar-refractivity contribution in [3.63, 3.8) is 0 Å². The minimum atomic E-state index is 0.286. The first-order valence-corrected chi connectivity index (χ1v) is 7.34. The van der Waals surface area contributed by atoms with Crippen molar-refractivity contribution >= 4 is 11.8 Å². The smallest absolute Gasteiger partial charge is 0.0439 e. The number of aliphatic hydroxyl groups excluding tert-OH is 1. The van der Waals surface area contributed by atoms with Crippen LogP contribution in [0.25, 0.3) is 0 Å². The highest BCUT2D eigenvalue weighted by Crippen LogP contribution is 2.26. The summed E-state index contributed by atoms with van der Waals surface area (Å²) in [7, 11) is 0. The second-order valence-electron chi connectivity index (χ2n) is 4.69. The van der Waals surface area contributed by atoms with Crippen LogP contribution in [-0.2, 0) is 6.54 Å². The molecular formula is C14H21NOS. The Kier molecular flexibility index (Phi) is 4.89. The Labute approximate surface area is 108 Å². The topological polar surface area (TPSA) is 32.3 Å². The van der Waals surface area contributed by atoms with Gasteiger partial charge in [-0.05, 0) is 37.8 Å². The third-order valence-corrected chi connectivity index (χ3v) is 4.14. The number of hydrogen-bond donors (Lipinski definition) is 2. The van der Waals surface area contributed by atoms with E-state index in [0.717, 1.165) is 24.8 Å². The summed E-state index contributed by atoms with van der Waals surface area (Å²) in [5.74, 6) is 0.996. The molecule has 2 rings (SSSR count). The molecule has 0 atom stereocenters. The van der Waals surface area contributed by atoms with Gasteiger partial charge in [0.1, 0.15) is 0 Å². The van der Waals surface area contributed by atoms with Crippen LogP contribution >= 0.6 is 11.8 Å². The second kappa shape index (κ2) is 6.43. The maximum absolute atomic E-state index is 8.82. The van der Waals surface area contributed by atoms with Gasteiger partial charge in [0.25, 0.3) is 0 Å². The van der Waals surface area contributed by atoms with Gasteiger partial charge in [0.2, 0.25) is 0 Å². The fourth-order valence-electron chi connectivity index (χ4n) is 1.78. The predicted octanol–water partition coefficient (Wildman–Crippen LogP) is 2.72. The quantitative estimate of drug-likeness (QED) is 0.577. The average Bonchev–Trinajstić information content (AvgIpc) is 3.13. The van der Waals surface area contributed by atoms with Gasteiger partial charge in [-0.1, -0.05) is 17.7 Å². The lowest BCUT2D eigenvalue weighted by Crippen LogP contribution is -2.16. The van der Waals surface area contributed by atoms with E-state index in [-0.39, 0.29) is 6.61 Å². The van der Waals surface area contributed by atoms with E-state index < -0.39 is 0 Å². The largest absolute Gasteiger partial charge is 0.396 e. The molecule has 3 heteroatoms. The van der Waals surface area contributed by atoms with Gasteiger partial charge < -0.3 is 10.4 Å². The van der Waals surface area contributed by atoms with Crippen LogP contribution in [0, 0.1) is 6.92 Å². The van der Waals surface area contributed by atoms with Gasteiger partial charge in [0.05, 0.1) is 0 Å². The second-order valence-corrected chi connectivity index (χ2v) is 5.83. The van der Waals surface area contributed by atoms with Gasteiger partial charge in [0, 0.05) is 29.8 Å². The summed E-state index contributed by atoms with van der Waals surface area (Å²) in [5, 5.41) is 12.4. The van der Waals surface area contributed by atoms with E-state index in [9.17, 15) is 0 Å². The summed E-state index contributed by atoms with van der Waals surface area (Å²) in [6.45, 7) is 3.41. The number of thioether (sulfide) groups is 1. The van der Waals surface area contributed by atoms with E-state index >= 15 is 0 Å². The normalized spacial score (nSPS) is 15.2. The van der Waals surface area contributed by atoms with Crippen molar-refractivity contribution in [2.24, 2.45) is 0 Å². The van der Waals surface area contributed by atoms with Gasteiger partial charge in [-0.15, -0.1) is 11.8 Å². The summed E-state index contributed by atoms with van der Waals surface area (Å²) in [6, 6.07) is 7.41. The van der Waals surface area contributed by atoms with Crippen molar-refractivity contribution in [1.82, 2.24) is 5.32 Å². The Morgan fingerprint density at radius 3 is 2.94 bits per heavy atom. The molecule has 0 spiro atoms. The predicted molar refractivity (Wildman–Crippen MR) is 73.5 cm³/mol. The molecule has 0 heterocycles. The first kappa shape index (κ1) is 12.9. The first-order valence-electron chi connectivity index (χ1n) is 6.36. The lowest BCUT2D eigenvalue weighted by molar-refractivity contribution is 0.296. The number of aryl methyl sites for hydroxylation is 1. The van der Waals surface area contributed by atoms with Crippen molar-refractivity contribution in [1.29, 1.82) is 0 Å². The fourth-order valence-corrected chi connectivity index (χ4v) is 2.75. The number of nitrogens with one attached hydrogen (secondary N) is 1. The molecule has 1 aliphatic rings. The van der Waals surface area contributed by atoms with Crippen LogP contribution < -0.4 is 5.32 Å². The third-order valence-electron chi connectivity index (χ3n) is 2.93. The van der Waals surface area contributed by atoms with E-state index in [0.29, 0.717) is 0 Å². The Balaban J connectivity index is 1.95. The third kappa shape index (κ3) is 4.34. The summed E-state index contributed by atoms with van der Waals surface area (Å²) in [6.07, 6.45) is 3.53. The standard InChI is InChI=1S/C14H21NOS/c1-11-3-6-14(17-8-2-7-16)12(9-11)10-15-13-4-5-13/h3,6,9,13,15-16H,2,4-5,7-8,10H2,1H3. The fraction of sp³-hybridized carbons (Fsp3) is 0.571. The van der Waals surface area contributed by atoms with Crippen molar-refractivity contribution < 1.29 is 5.11 Å². The zero-order valence-corrected chi connectivity index (χ0v) is 11.2. The van der Waals surface area contributed by atoms with Crippen LogP contribution in [0.5, 0.6) is 0 Å². The van der Waals surface area contributed by atoms with Gasteiger partial charge >= 0.3 is 0 Å². The van der Waals surface area contributed by atoms with E-state index in [1.807, 2.05) is 11.8 Å². The van der Waals surface area contributed by atoms with Gasteiger partial charge in [-0.25, -0.2) is 0 Å². The number of aliphatic hydroxyl groups is 1. The monoisotopic (exact) mass is 251 g/mol. The maximum atomic E-state index is 8.82. The van der Waals surface area contributed by atoms with Crippen molar-refractivity contribution in [2.45, 2.75) is 43.7 Å². The van der Waals surface area contributed by atoms with Gasteiger partial charge in [-0.2, -0.15) is 0 Å². The molecule has 1 saturated carbocycles. The van der Waals surface area contributed by atoms with Gasteiger partial charge in [-0.3, -0.25) is 0 Å². The summed E-state index contributed by atoms with van der Waals surface area (Å²) in [4.78, 5) is 1.36. The SMILES string of the molecule is Cc1ccc(SCCCO)c(CNC2CC2)c1. The Hall–Kier alpha value is -0.510. The molecular weight excluding hydrogens is 230 g/mol. The molecule has 0 saturated heterocycles. The molecule has 1 aliphatic carbocycles. The summed E-state index contributed by atoms with van der Waals surface area (Å²) >= 11 is 1.85. The molecule has 2 N–H and O–H groups in total. The van der Waals surface area contributed by atoms with Crippen LogP contribution in [0.3, 0.4) is 0 Å². The highest BCUT2D eigenvalue weighted by atomic mass is 32.2. The number of benzene rings is 1. The molecule has 94 valence electrons. The molecule has 1 fully saturated rings. The van der Waals surface area contributed by atoms with Crippen LogP contribution in [0.2, 0.25) is 0 Å². The maximum Gasteiger partial charge on any atom is 0.0439 e. The van der Waals surface area contributed by atoms with Gasteiger partial charge in [0.15, 0.2) is 0 Å². The van der Waals surface area contributed by atoms with Crippen molar-refractivity contribution in [2.75, 3.05) is 12.4 Å². The summed E-state index contributed by atoms with van der Waals surface area (Å²) in [5.41, 5.74) is 2.73. The minimum absolute atomic E-state index is 0.286. The molecule has 0 bridgehead atoms. The highest BCUT2D eigenvalue weighted by molar-refractivity contribution is 7.99. The molecule has 2 nitrogen and oxygen atoms in total. The Morgan fingerprint density at radius 2 is 2.24 bits per heavy atom. The van der Waals surface area contributed by atoms with Crippen molar-refractivity contribution in [3.8, 4) is 0 Å². The molecule has 0 amide bonds. The van der Waals surface area contributed by atoms with E-state index in [4.69, 9.17) is 5.11 Å². The number of rotatable bonds is 7. The molecule has 0 radical (unpaired) electrons. The van der Waals surface area contributed by atoms with E-state index in [2.05, 4.69) is 30.4 Å². The van der Waals surface area contributed by atoms with E-state index in [1.54, 1.807) is 0 Å². The van der Waals surface area contributed by atoms with Crippen LogP contribution in [0.1, 0.15) is 30.4 Å². The lowest BCUT2D eigenvalue weighted by Gasteiger charge is -2.11. The Bertz CT molecular complexity index is 363. The van der Waals surface area contributed by atoms with Crippen LogP contribution in [0.4, 0.5) is 0 Å². The van der Waals surface area contributed by atoms with E-state index in [1.165, 1.54) is 28.9 Å². The zero-order valence-electron chi connectivity index (χ0n) is 10.4. The van der Waals surface area contributed by atoms with Crippen LogP contribution in [-0.4, -0.2) is 23.5 Å². The molecule has 17 heavy (non-hydrogen) atoms. The average molecular weight is 251 g/mol. The highest BCUT2D eigenvalue weighted by Gasteiger charge is 2.20.